The molecule has 98 valence electrons. The molecule has 0 unspecified atom stereocenters. The Balaban J connectivity index is 2.08. The van der Waals surface area contributed by atoms with Gasteiger partial charge >= 0.3 is 0 Å². The van der Waals surface area contributed by atoms with Crippen LogP contribution in [0.4, 0.5) is 11.4 Å². The highest BCUT2D eigenvalue weighted by atomic mass is 16.2. The Morgan fingerprint density at radius 2 is 1.84 bits per heavy atom. The van der Waals surface area contributed by atoms with Gasteiger partial charge < -0.3 is 15.2 Å². The Bertz CT molecular complexity index is 585. The molecule has 0 aliphatic rings. The summed E-state index contributed by atoms with van der Waals surface area (Å²) in [6.45, 7) is 0. The van der Waals surface area contributed by atoms with E-state index in [0.717, 1.165) is 5.69 Å². The molecule has 1 heterocycles. The first-order valence-electron chi connectivity index (χ1n) is 5.83. The first-order chi connectivity index (χ1) is 9.10. The van der Waals surface area contributed by atoms with E-state index in [1.165, 1.54) is 0 Å². The van der Waals surface area contributed by atoms with Gasteiger partial charge in [-0.05, 0) is 36.4 Å². The summed E-state index contributed by atoms with van der Waals surface area (Å²) in [4.78, 5) is 27.1. The van der Waals surface area contributed by atoms with E-state index in [0.29, 0.717) is 23.4 Å². The van der Waals surface area contributed by atoms with Gasteiger partial charge in [-0.1, -0.05) is 0 Å². The number of carbonyl (C=O) groups excluding carboxylic acids is 2. The van der Waals surface area contributed by atoms with Gasteiger partial charge in [-0.3, -0.25) is 9.59 Å². The molecule has 0 saturated carbocycles. The van der Waals surface area contributed by atoms with E-state index >= 15 is 0 Å². The lowest BCUT2D eigenvalue weighted by atomic mass is 10.2. The molecule has 1 amide bonds. The van der Waals surface area contributed by atoms with Crippen LogP contribution in [0.1, 0.15) is 21.0 Å². The highest BCUT2D eigenvalue weighted by molar-refractivity contribution is 6.03. The molecule has 0 radical (unpaired) electrons. The Morgan fingerprint density at radius 1 is 1.16 bits per heavy atom. The molecule has 0 saturated heterocycles. The molecular formula is C14H15N3O2. The fourth-order valence-electron chi connectivity index (χ4n) is 1.65. The number of nitrogens with one attached hydrogen (secondary N) is 2. The van der Waals surface area contributed by atoms with Crippen LogP contribution in [0, 0.1) is 0 Å². The fourth-order valence-corrected chi connectivity index (χ4v) is 1.65. The maximum atomic E-state index is 11.9. The zero-order chi connectivity index (χ0) is 13.8. The summed E-state index contributed by atoms with van der Waals surface area (Å²) in [5, 5.41) is 2.76. The van der Waals surface area contributed by atoms with Crippen molar-refractivity contribution in [3.05, 3.63) is 47.8 Å². The van der Waals surface area contributed by atoms with Crippen molar-refractivity contribution >= 4 is 23.6 Å². The number of H-pyrrole nitrogens is 1. The van der Waals surface area contributed by atoms with Crippen molar-refractivity contribution in [2.45, 2.75) is 0 Å². The number of aldehydes is 1. The maximum absolute atomic E-state index is 11.9. The number of benzene rings is 1. The second-order valence-corrected chi connectivity index (χ2v) is 4.34. The topological polar surface area (TPSA) is 65.2 Å². The lowest BCUT2D eigenvalue weighted by molar-refractivity contribution is 0.102. The van der Waals surface area contributed by atoms with Crippen LogP contribution in [0.3, 0.4) is 0 Å². The molecule has 1 aromatic carbocycles. The van der Waals surface area contributed by atoms with Gasteiger partial charge in [-0.25, -0.2) is 0 Å². The number of amides is 1. The number of hydrogen-bond acceptors (Lipinski definition) is 3. The zero-order valence-corrected chi connectivity index (χ0v) is 10.8. The van der Waals surface area contributed by atoms with E-state index in [9.17, 15) is 9.59 Å². The predicted octanol–water partition coefficient (Wildman–Crippen LogP) is 2.15. The fraction of sp³-hybridized carbons (Fsp3) is 0.143. The third kappa shape index (κ3) is 3.01. The minimum Gasteiger partial charge on any atom is -0.378 e. The normalized spacial score (nSPS) is 10.0. The van der Waals surface area contributed by atoms with Crippen molar-refractivity contribution < 1.29 is 9.59 Å². The summed E-state index contributed by atoms with van der Waals surface area (Å²) in [5.74, 6) is -0.272. The molecule has 19 heavy (non-hydrogen) atoms. The number of aromatic amines is 1. The Labute approximate surface area is 111 Å². The first-order valence-corrected chi connectivity index (χ1v) is 5.83. The first kappa shape index (κ1) is 12.9. The molecule has 0 fully saturated rings. The van der Waals surface area contributed by atoms with Gasteiger partial charge in [0.15, 0.2) is 6.29 Å². The lowest BCUT2D eigenvalue weighted by Crippen LogP contribution is -2.13. The van der Waals surface area contributed by atoms with Crippen molar-refractivity contribution in [1.29, 1.82) is 0 Å². The summed E-state index contributed by atoms with van der Waals surface area (Å²) in [5.41, 5.74) is 2.51. The molecule has 2 N–H and O–H groups in total. The molecule has 5 nitrogen and oxygen atoms in total. The maximum Gasteiger partial charge on any atom is 0.272 e. The second kappa shape index (κ2) is 5.39. The van der Waals surface area contributed by atoms with E-state index in [2.05, 4.69) is 10.3 Å². The average Bonchev–Trinajstić information content (AvgIpc) is 2.88. The van der Waals surface area contributed by atoms with Crippen molar-refractivity contribution in [1.82, 2.24) is 4.98 Å². The van der Waals surface area contributed by atoms with Crippen molar-refractivity contribution in [3.8, 4) is 0 Å². The summed E-state index contributed by atoms with van der Waals surface area (Å²) in [6.07, 6.45) is 0.669. The van der Waals surface area contributed by atoms with Gasteiger partial charge in [0.2, 0.25) is 0 Å². The Morgan fingerprint density at radius 3 is 2.37 bits per heavy atom. The molecular weight excluding hydrogens is 242 g/mol. The van der Waals surface area contributed by atoms with E-state index < -0.39 is 0 Å². The van der Waals surface area contributed by atoms with Gasteiger partial charge in [-0.2, -0.15) is 0 Å². The number of anilines is 2. The summed E-state index contributed by atoms with van der Waals surface area (Å²) in [6, 6.07) is 10.6. The lowest BCUT2D eigenvalue weighted by Gasteiger charge is -2.12. The van der Waals surface area contributed by atoms with Crippen LogP contribution < -0.4 is 10.2 Å². The van der Waals surface area contributed by atoms with Gasteiger partial charge in [0.1, 0.15) is 5.69 Å². The molecule has 0 aliphatic heterocycles. The predicted molar refractivity (Wildman–Crippen MR) is 74.9 cm³/mol. The average molecular weight is 257 g/mol. The number of aromatic nitrogens is 1. The highest BCUT2D eigenvalue weighted by Gasteiger charge is 2.08. The number of nitrogens with zero attached hydrogens (tertiary/aromatic N) is 1. The highest BCUT2D eigenvalue weighted by Crippen LogP contribution is 2.16. The molecule has 0 bridgehead atoms. The third-order valence-electron chi connectivity index (χ3n) is 2.72. The van der Waals surface area contributed by atoms with Crippen LogP contribution in [0.2, 0.25) is 0 Å². The molecule has 1 aromatic heterocycles. The van der Waals surface area contributed by atoms with Crippen molar-refractivity contribution in [2.24, 2.45) is 0 Å². The van der Waals surface area contributed by atoms with Gasteiger partial charge in [0.05, 0.1) is 5.69 Å². The Kier molecular flexibility index (Phi) is 3.66. The second-order valence-electron chi connectivity index (χ2n) is 4.34. The molecule has 0 spiro atoms. The molecule has 0 atom stereocenters. The van der Waals surface area contributed by atoms with Crippen LogP contribution in [-0.2, 0) is 0 Å². The van der Waals surface area contributed by atoms with E-state index in [1.807, 2.05) is 43.3 Å². The Hall–Kier alpha value is -2.56. The number of hydrogen-bond donors (Lipinski definition) is 2. The SMILES string of the molecule is CN(C)c1ccc(NC(=O)c2ccc(C=O)[nH]2)cc1. The minimum atomic E-state index is -0.272. The largest absolute Gasteiger partial charge is 0.378 e. The van der Waals surface area contributed by atoms with E-state index in [4.69, 9.17) is 0 Å². The van der Waals surface area contributed by atoms with Crippen molar-refractivity contribution in [3.63, 3.8) is 0 Å². The quantitative estimate of drug-likeness (QED) is 0.825. The number of carbonyl (C=O) groups is 2. The molecule has 0 aliphatic carbocycles. The van der Waals surface area contributed by atoms with E-state index in [-0.39, 0.29) is 5.91 Å². The standard InChI is InChI=1S/C14H15N3O2/c1-17(2)12-6-3-10(4-7-12)16-14(19)13-8-5-11(9-18)15-13/h3-9,15H,1-2H3,(H,16,19). The molecule has 5 heteroatoms. The van der Waals surface area contributed by atoms with Gasteiger partial charge in [0.25, 0.3) is 5.91 Å². The third-order valence-corrected chi connectivity index (χ3v) is 2.72. The van der Waals surface area contributed by atoms with Crippen LogP contribution in [0.25, 0.3) is 0 Å². The van der Waals surface area contributed by atoms with Gasteiger partial charge in [-0.15, -0.1) is 0 Å². The smallest absolute Gasteiger partial charge is 0.272 e. The molecule has 2 rings (SSSR count). The zero-order valence-electron chi connectivity index (χ0n) is 10.8. The number of rotatable bonds is 4. The van der Waals surface area contributed by atoms with Gasteiger partial charge in [0, 0.05) is 25.5 Å². The monoisotopic (exact) mass is 257 g/mol. The summed E-state index contributed by atoms with van der Waals surface area (Å²) in [7, 11) is 3.90. The van der Waals surface area contributed by atoms with Crippen LogP contribution in [-0.4, -0.2) is 31.3 Å². The van der Waals surface area contributed by atoms with Crippen LogP contribution >= 0.6 is 0 Å². The van der Waals surface area contributed by atoms with Crippen LogP contribution in [0.15, 0.2) is 36.4 Å². The van der Waals surface area contributed by atoms with Crippen molar-refractivity contribution in [2.75, 3.05) is 24.3 Å². The molecule has 2 aromatic rings. The summed E-state index contributed by atoms with van der Waals surface area (Å²) >= 11 is 0. The van der Waals surface area contributed by atoms with Crippen LogP contribution in [0.5, 0.6) is 0 Å². The minimum absolute atomic E-state index is 0.272. The summed E-state index contributed by atoms with van der Waals surface area (Å²) < 4.78 is 0. The van der Waals surface area contributed by atoms with E-state index in [1.54, 1.807) is 12.1 Å².